The largest absolute Gasteiger partial charge is 0.490 e. The Morgan fingerprint density at radius 2 is 1.68 bits per heavy atom. The Hall–Kier alpha value is -5.39. The number of anilines is 1. The number of halogens is 3. The van der Waals surface area contributed by atoms with E-state index in [1.807, 2.05) is 62.4 Å². The van der Waals surface area contributed by atoms with Gasteiger partial charge >= 0.3 is 6.18 Å². The molecule has 12 heteroatoms. The third kappa shape index (κ3) is 5.91. The molecule has 1 amide bonds. The lowest BCUT2D eigenvalue weighted by atomic mass is 10.0. The molecule has 0 aliphatic rings. The molecule has 0 saturated heterocycles. The lowest BCUT2D eigenvalue weighted by Crippen LogP contribution is -2.15. The number of carbonyl (C=O) groups is 1. The van der Waals surface area contributed by atoms with E-state index >= 15 is 0 Å². The Morgan fingerprint density at radius 3 is 2.45 bits per heavy atom. The lowest BCUT2D eigenvalue weighted by molar-refractivity contribution is -0.142. The first kappa shape index (κ1) is 28.7. The molecule has 1 N–H and O–H groups in total. The van der Waals surface area contributed by atoms with Gasteiger partial charge in [0.25, 0.3) is 5.91 Å². The number of aromatic nitrogens is 5. The fourth-order valence-corrected chi connectivity index (χ4v) is 4.87. The topological polar surface area (TPSA) is 95.6 Å². The van der Waals surface area contributed by atoms with Gasteiger partial charge in [-0.1, -0.05) is 42.5 Å². The van der Waals surface area contributed by atoms with Crippen LogP contribution in [0, 0.1) is 0 Å². The second-order valence-corrected chi connectivity index (χ2v) is 9.91. The number of rotatable bonds is 9. The Kier molecular flexibility index (Phi) is 7.64. The van der Waals surface area contributed by atoms with Gasteiger partial charge in [0.05, 0.1) is 37.3 Å². The third-order valence-electron chi connectivity index (χ3n) is 6.84. The number of hydrogen-bond donors (Lipinski definition) is 1. The predicted molar refractivity (Wildman–Crippen MR) is 159 cm³/mol. The summed E-state index contributed by atoms with van der Waals surface area (Å²) in [6.45, 7) is 5.15. The molecule has 0 aliphatic heterocycles. The van der Waals surface area contributed by atoms with Crippen molar-refractivity contribution < 1.29 is 27.4 Å². The first-order valence-corrected chi connectivity index (χ1v) is 13.9. The van der Waals surface area contributed by atoms with Gasteiger partial charge in [-0.3, -0.25) is 9.48 Å². The number of nitrogens with one attached hydrogen (secondary N) is 1. The molecule has 0 bridgehead atoms. The van der Waals surface area contributed by atoms with E-state index in [2.05, 4.69) is 20.5 Å². The highest BCUT2D eigenvalue weighted by Gasteiger charge is 2.35. The molecule has 0 aliphatic carbocycles. The van der Waals surface area contributed by atoms with Gasteiger partial charge in [-0.25, -0.2) is 9.50 Å². The van der Waals surface area contributed by atoms with Crippen molar-refractivity contribution in [3.63, 3.8) is 0 Å². The van der Waals surface area contributed by atoms with Gasteiger partial charge in [0, 0.05) is 17.8 Å². The fourth-order valence-electron chi connectivity index (χ4n) is 4.87. The molecule has 0 fully saturated rings. The third-order valence-corrected chi connectivity index (χ3v) is 6.84. The van der Waals surface area contributed by atoms with Gasteiger partial charge in [-0.15, -0.1) is 0 Å². The number of carbonyl (C=O) groups excluding carboxylic acids is 1. The molecule has 0 unspecified atom stereocenters. The summed E-state index contributed by atoms with van der Waals surface area (Å²) in [5, 5.41) is 12.7. The van der Waals surface area contributed by atoms with Crippen LogP contribution in [0.3, 0.4) is 0 Å². The predicted octanol–water partition coefficient (Wildman–Crippen LogP) is 6.86. The molecule has 44 heavy (non-hydrogen) atoms. The molecule has 3 aromatic carbocycles. The number of fused-ring (bicyclic) bond motifs is 2. The molecule has 9 nitrogen and oxygen atoms in total. The van der Waals surface area contributed by atoms with Crippen molar-refractivity contribution in [3.8, 4) is 22.8 Å². The number of alkyl halides is 3. The standard InChI is InChI=1S/C32H27F3N6O3/c1-3-43-27-12-9-20(13-28(27)44-4-2)18-40-19-24(17-36-40)37-31(42)26-16-30-38-25(15-29(32(33,34)35)41(30)39-26)23-11-10-21-7-5-6-8-22(21)14-23/h5-17,19H,3-4,18H2,1-2H3,(H,37,42). The molecular weight excluding hydrogens is 573 g/mol. The van der Waals surface area contributed by atoms with Crippen molar-refractivity contribution in [2.45, 2.75) is 26.6 Å². The Bertz CT molecular complexity index is 1980. The molecule has 0 radical (unpaired) electrons. The number of ether oxygens (including phenoxy) is 2. The summed E-state index contributed by atoms with van der Waals surface area (Å²) in [5.41, 5.74) is 0.501. The van der Waals surface area contributed by atoms with E-state index in [0.717, 1.165) is 22.4 Å². The minimum absolute atomic E-state index is 0.107. The quantitative estimate of drug-likeness (QED) is 0.195. The van der Waals surface area contributed by atoms with Crippen molar-refractivity contribution >= 4 is 28.0 Å². The average Bonchev–Trinajstić information content (AvgIpc) is 3.64. The molecule has 0 atom stereocenters. The number of amides is 1. The van der Waals surface area contributed by atoms with Gasteiger partial charge in [0.1, 0.15) is 0 Å². The van der Waals surface area contributed by atoms with Crippen LogP contribution >= 0.6 is 0 Å². The van der Waals surface area contributed by atoms with E-state index in [-0.39, 0.29) is 17.0 Å². The monoisotopic (exact) mass is 600 g/mol. The van der Waals surface area contributed by atoms with E-state index in [0.29, 0.717) is 47.0 Å². The zero-order valence-electron chi connectivity index (χ0n) is 23.8. The van der Waals surface area contributed by atoms with Gasteiger partial charge in [0.2, 0.25) is 0 Å². The Morgan fingerprint density at radius 1 is 0.909 bits per heavy atom. The van der Waals surface area contributed by atoms with Crippen LogP contribution in [0.5, 0.6) is 11.5 Å². The summed E-state index contributed by atoms with van der Waals surface area (Å²) in [6, 6.07) is 20.6. The fraction of sp³-hybridized carbons (Fsp3) is 0.188. The minimum atomic E-state index is -4.74. The summed E-state index contributed by atoms with van der Waals surface area (Å²) in [5.74, 6) is 0.566. The van der Waals surface area contributed by atoms with Crippen LogP contribution in [0.1, 0.15) is 35.6 Å². The maximum atomic E-state index is 14.1. The van der Waals surface area contributed by atoms with Crippen LogP contribution in [0.2, 0.25) is 0 Å². The number of benzene rings is 3. The maximum absolute atomic E-state index is 14.1. The van der Waals surface area contributed by atoms with Crippen molar-refractivity contribution in [2.24, 2.45) is 0 Å². The maximum Gasteiger partial charge on any atom is 0.433 e. The van der Waals surface area contributed by atoms with Crippen LogP contribution in [0.25, 0.3) is 27.7 Å². The molecular formula is C32H27F3N6O3. The van der Waals surface area contributed by atoms with Crippen LogP contribution in [-0.4, -0.2) is 43.5 Å². The second-order valence-electron chi connectivity index (χ2n) is 9.91. The normalized spacial score (nSPS) is 11.7. The highest BCUT2D eigenvalue weighted by atomic mass is 19.4. The van der Waals surface area contributed by atoms with Gasteiger partial charge in [-0.05, 0) is 54.4 Å². The average molecular weight is 601 g/mol. The van der Waals surface area contributed by atoms with E-state index in [9.17, 15) is 18.0 Å². The first-order valence-electron chi connectivity index (χ1n) is 13.9. The van der Waals surface area contributed by atoms with Gasteiger partial charge < -0.3 is 14.8 Å². The summed E-state index contributed by atoms with van der Waals surface area (Å²) in [4.78, 5) is 17.5. The number of hydrogen-bond acceptors (Lipinski definition) is 6. The van der Waals surface area contributed by atoms with Crippen LogP contribution < -0.4 is 14.8 Å². The number of nitrogens with zero attached hydrogens (tertiary/aromatic N) is 5. The van der Waals surface area contributed by atoms with Gasteiger partial charge in [0.15, 0.2) is 28.5 Å². The summed E-state index contributed by atoms with van der Waals surface area (Å²) in [6.07, 6.45) is -1.68. The van der Waals surface area contributed by atoms with Crippen molar-refractivity contribution in [2.75, 3.05) is 18.5 Å². The molecule has 224 valence electrons. The highest BCUT2D eigenvalue weighted by molar-refractivity contribution is 6.03. The van der Waals surface area contributed by atoms with E-state index in [1.54, 1.807) is 23.0 Å². The molecule has 0 spiro atoms. The van der Waals surface area contributed by atoms with E-state index in [4.69, 9.17) is 9.47 Å². The molecule has 3 heterocycles. The van der Waals surface area contributed by atoms with Crippen LogP contribution in [-0.2, 0) is 12.7 Å². The van der Waals surface area contributed by atoms with Crippen molar-refractivity contribution in [1.29, 1.82) is 0 Å². The SMILES string of the molecule is CCOc1ccc(Cn2cc(NC(=O)c3cc4nc(-c5ccc6ccccc6c5)cc(C(F)(F)F)n4n3)cn2)cc1OCC. The zero-order chi connectivity index (χ0) is 30.8. The summed E-state index contributed by atoms with van der Waals surface area (Å²) in [7, 11) is 0. The first-order chi connectivity index (χ1) is 21.2. The van der Waals surface area contributed by atoms with Gasteiger partial charge in [-0.2, -0.15) is 23.4 Å². The smallest absolute Gasteiger partial charge is 0.433 e. The second kappa shape index (κ2) is 11.7. The zero-order valence-corrected chi connectivity index (χ0v) is 23.8. The Labute approximate surface area is 249 Å². The summed E-state index contributed by atoms with van der Waals surface area (Å²) < 4.78 is 55.9. The molecule has 6 aromatic rings. The summed E-state index contributed by atoms with van der Waals surface area (Å²) >= 11 is 0. The molecule has 3 aromatic heterocycles. The van der Waals surface area contributed by atoms with Crippen LogP contribution in [0.15, 0.2) is 85.2 Å². The van der Waals surface area contributed by atoms with E-state index < -0.39 is 17.8 Å². The Balaban J connectivity index is 1.24. The minimum Gasteiger partial charge on any atom is -0.490 e. The molecule has 6 rings (SSSR count). The highest BCUT2D eigenvalue weighted by Crippen LogP contribution is 2.33. The van der Waals surface area contributed by atoms with Crippen molar-refractivity contribution in [3.05, 3.63) is 102 Å². The van der Waals surface area contributed by atoms with Crippen LogP contribution in [0.4, 0.5) is 18.9 Å². The lowest BCUT2D eigenvalue weighted by Gasteiger charge is -2.12. The van der Waals surface area contributed by atoms with Crippen molar-refractivity contribution in [1.82, 2.24) is 24.4 Å². The molecule has 0 saturated carbocycles. The van der Waals surface area contributed by atoms with E-state index in [1.165, 1.54) is 12.3 Å².